The summed E-state index contributed by atoms with van der Waals surface area (Å²) in [5.41, 5.74) is -6.83. The number of carbonyl (C=O) groups is 3. The van der Waals surface area contributed by atoms with Gasteiger partial charge in [0.25, 0.3) is 0 Å². The number of Topliss-reactive ketones (excluding diaryl/α,β-unsaturated/α-hetero) is 3. The number of benzene rings is 1. The Balaban J connectivity index is 1.60. The molecule has 8 atom stereocenters. The number of rotatable bonds is 3. The maximum atomic E-state index is 15.8. The Morgan fingerprint density at radius 2 is 1.59 bits per heavy atom. The summed E-state index contributed by atoms with van der Waals surface area (Å²) in [6, 6.07) is 8.88. The van der Waals surface area contributed by atoms with Crippen molar-refractivity contribution in [1.82, 2.24) is 0 Å². The highest BCUT2D eigenvalue weighted by atomic mass is 16.8. The van der Waals surface area contributed by atoms with Crippen molar-refractivity contribution in [3.05, 3.63) is 35.9 Å². The van der Waals surface area contributed by atoms with Crippen LogP contribution < -0.4 is 0 Å². The SMILES string of the molecule is CC(C)(O)[C@H]1C[C@@]23C(=O)[C@]4(C(=O)c5ccccc5)C(=O)[C@]5(C[C@H](C[C@@H]2C1(C)C)C4(C)C)C[C@H]1O[C@]53OC1(C)C. The molecule has 210 valence electrons. The third-order valence-electron chi connectivity index (χ3n) is 13.0. The lowest BCUT2D eigenvalue weighted by Crippen LogP contribution is -2.81. The Morgan fingerprint density at radius 1 is 0.949 bits per heavy atom. The monoisotopic (exact) mass is 534 g/mol. The van der Waals surface area contributed by atoms with Crippen LogP contribution in [-0.2, 0) is 19.1 Å². The molecule has 0 amide bonds. The predicted molar refractivity (Wildman–Crippen MR) is 144 cm³/mol. The van der Waals surface area contributed by atoms with Gasteiger partial charge in [0.15, 0.2) is 28.6 Å². The van der Waals surface area contributed by atoms with Gasteiger partial charge in [-0.05, 0) is 82.0 Å². The van der Waals surface area contributed by atoms with Crippen molar-refractivity contribution < 1.29 is 29.0 Å². The molecule has 0 radical (unpaired) electrons. The van der Waals surface area contributed by atoms with Crippen LogP contribution in [0, 0.1) is 44.8 Å². The van der Waals surface area contributed by atoms with Crippen molar-refractivity contribution in [2.75, 3.05) is 0 Å². The van der Waals surface area contributed by atoms with Gasteiger partial charge in [0, 0.05) is 5.56 Å². The summed E-state index contributed by atoms with van der Waals surface area (Å²) in [7, 11) is 0. The number of fused-ring (bicyclic) bond motifs is 1. The summed E-state index contributed by atoms with van der Waals surface area (Å²) in [6.07, 6.45) is 1.70. The molecule has 1 N–H and O–H groups in total. The molecule has 3 spiro atoms. The molecule has 6 nitrogen and oxygen atoms in total. The minimum absolute atomic E-state index is 0.0624. The second-order valence-electron chi connectivity index (χ2n) is 15.9. The molecular formula is C33H42O6. The van der Waals surface area contributed by atoms with E-state index in [1.165, 1.54) is 0 Å². The minimum atomic E-state index is -1.83. The van der Waals surface area contributed by atoms with Crippen LogP contribution in [-0.4, -0.2) is 45.5 Å². The molecule has 1 aromatic carbocycles. The molecular weight excluding hydrogens is 492 g/mol. The van der Waals surface area contributed by atoms with Crippen LogP contribution in [0.4, 0.5) is 0 Å². The largest absolute Gasteiger partial charge is 0.390 e. The first-order chi connectivity index (χ1) is 17.9. The fourth-order valence-corrected chi connectivity index (χ4v) is 11.3. The lowest BCUT2D eigenvalue weighted by molar-refractivity contribution is -0.313. The molecule has 6 bridgehead atoms. The highest BCUT2D eigenvalue weighted by molar-refractivity contribution is 6.34. The Bertz CT molecular complexity index is 1340. The number of ether oxygens (including phenoxy) is 2. The van der Waals surface area contributed by atoms with Gasteiger partial charge in [0.2, 0.25) is 0 Å². The Labute approximate surface area is 231 Å². The molecule has 5 aliphatic carbocycles. The summed E-state index contributed by atoms with van der Waals surface area (Å²) in [5.74, 6) is -2.95. The van der Waals surface area contributed by atoms with Gasteiger partial charge in [-0.1, -0.05) is 58.0 Å². The molecule has 5 saturated carbocycles. The van der Waals surface area contributed by atoms with E-state index in [0.29, 0.717) is 31.2 Å². The maximum Gasteiger partial charge on any atom is 0.195 e. The molecule has 6 heteroatoms. The normalized spacial score (nSPS) is 47.7. The highest BCUT2D eigenvalue weighted by Gasteiger charge is 2.95. The van der Waals surface area contributed by atoms with E-state index in [9.17, 15) is 9.90 Å². The van der Waals surface area contributed by atoms with Crippen LogP contribution in [0.3, 0.4) is 0 Å². The van der Waals surface area contributed by atoms with Crippen LogP contribution in [0.5, 0.6) is 0 Å². The zero-order chi connectivity index (χ0) is 28.4. The summed E-state index contributed by atoms with van der Waals surface area (Å²) in [6.45, 7) is 15.9. The van der Waals surface area contributed by atoms with Gasteiger partial charge in [0.05, 0.1) is 28.1 Å². The Kier molecular flexibility index (Phi) is 4.52. The second kappa shape index (κ2) is 6.77. The molecule has 7 fully saturated rings. The van der Waals surface area contributed by atoms with Gasteiger partial charge in [-0.15, -0.1) is 0 Å². The number of carbonyl (C=O) groups excluding carboxylic acids is 3. The van der Waals surface area contributed by atoms with Crippen LogP contribution in [0.1, 0.15) is 91.4 Å². The standard InChI is InChI=1S/C33H42O6/c1-26(2)20-14-19-15-30-17-22-29(7,8)39-33(30,38-22)31(20,16-21(26)28(5,6)37)25(36)32(24(30)35,27(19,3)4)23(34)18-12-10-9-11-13-18/h9-13,19-22,37H,14-17H2,1-8H3/t19-,20+,21-,22+,30-,31-,32-,33-/m0/s1. The first-order valence-corrected chi connectivity index (χ1v) is 14.7. The number of aliphatic hydroxyl groups is 1. The van der Waals surface area contributed by atoms with Gasteiger partial charge in [0.1, 0.15) is 0 Å². The zero-order valence-corrected chi connectivity index (χ0v) is 24.5. The lowest BCUT2D eigenvalue weighted by atomic mass is 9.35. The van der Waals surface area contributed by atoms with Gasteiger partial charge in [-0.25, -0.2) is 0 Å². The second-order valence-corrected chi connectivity index (χ2v) is 15.9. The summed E-state index contributed by atoms with van der Waals surface area (Å²) < 4.78 is 13.9. The first kappa shape index (κ1) is 26.0. The van der Waals surface area contributed by atoms with Crippen molar-refractivity contribution in [1.29, 1.82) is 0 Å². The van der Waals surface area contributed by atoms with E-state index < -0.39 is 44.1 Å². The molecule has 7 aliphatic rings. The van der Waals surface area contributed by atoms with Gasteiger partial charge in [-0.3, -0.25) is 14.4 Å². The molecule has 0 unspecified atom stereocenters. The third-order valence-corrected chi connectivity index (χ3v) is 13.0. The number of hydrogen-bond donors (Lipinski definition) is 1. The van der Waals surface area contributed by atoms with Crippen LogP contribution >= 0.6 is 0 Å². The number of hydrogen-bond acceptors (Lipinski definition) is 6. The average molecular weight is 535 g/mol. The maximum absolute atomic E-state index is 15.8. The Morgan fingerprint density at radius 3 is 2.18 bits per heavy atom. The fourth-order valence-electron chi connectivity index (χ4n) is 11.3. The summed E-state index contributed by atoms with van der Waals surface area (Å²) >= 11 is 0. The molecule has 39 heavy (non-hydrogen) atoms. The van der Waals surface area contributed by atoms with Crippen LogP contribution in [0.2, 0.25) is 0 Å². The minimum Gasteiger partial charge on any atom is -0.390 e. The van der Waals surface area contributed by atoms with Crippen LogP contribution in [0.25, 0.3) is 0 Å². The zero-order valence-electron chi connectivity index (χ0n) is 24.5. The van der Waals surface area contributed by atoms with Crippen molar-refractivity contribution >= 4 is 17.3 Å². The third kappa shape index (κ3) is 2.37. The van der Waals surface area contributed by atoms with Crippen molar-refractivity contribution in [3.63, 3.8) is 0 Å². The smallest absolute Gasteiger partial charge is 0.195 e. The predicted octanol–water partition coefficient (Wildman–Crippen LogP) is 5.16. The van der Waals surface area contributed by atoms with E-state index in [0.717, 1.165) is 0 Å². The van der Waals surface area contributed by atoms with E-state index in [1.54, 1.807) is 24.3 Å². The molecule has 2 heterocycles. The molecule has 2 saturated heterocycles. The molecule has 8 rings (SSSR count). The Hall–Kier alpha value is -1.89. The topological polar surface area (TPSA) is 89.9 Å². The quantitative estimate of drug-likeness (QED) is 0.426. The van der Waals surface area contributed by atoms with E-state index >= 15 is 9.59 Å². The van der Waals surface area contributed by atoms with E-state index in [1.807, 2.05) is 47.6 Å². The average Bonchev–Trinajstić information content (AvgIpc) is 3.36. The molecule has 2 aliphatic heterocycles. The van der Waals surface area contributed by atoms with Gasteiger partial charge < -0.3 is 14.6 Å². The van der Waals surface area contributed by atoms with E-state index in [2.05, 4.69) is 13.8 Å². The van der Waals surface area contributed by atoms with Gasteiger partial charge in [-0.2, -0.15) is 0 Å². The molecule has 1 aromatic rings. The fraction of sp³-hybridized carbons (Fsp3) is 0.727. The highest BCUT2D eigenvalue weighted by Crippen LogP contribution is 2.85. The van der Waals surface area contributed by atoms with E-state index in [4.69, 9.17) is 9.47 Å². The van der Waals surface area contributed by atoms with Gasteiger partial charge >= 0.3 is 0 Å². The number of ketones is 3. The van der Waals surface area contributed by atoms with Crippen LogP contribution in [0.15, 0.2) is 30.3 Å². The first-order valence-electron chi connectivity index (χ1n) is 14.7. The summed E-state index contributed by atoms with van der Waals surface area (Å²) in [5, 5.41) is 11.5. The van der Waals surface area contributed by atoms with Crippen molar-refractivity contribution in [2.24, 2.45) is 44.8 Å². The van der Waals surface area contributed by atoms with Crippen molar-refractivity contribution in [3.8, 4) is 0 Å². The van der Waals surface area contributed by atoms with Crippen molar-refractivity contribution in [2.45, 2.75) is 104 Å². The molecule has 0 aromatic heterocycles. The summed E-state index contributed by atoms with van der Waals surface area (Å²) in [4.78, 5) is 45.9. The lowest BCUT2D eigenvalue weighted by Gasteiger charge is -2.66. The van der Waals surface area contributed by atoms with E-state index in [-0.39, 0.29) is 41.2 Å².